The Morgan fingerprint density at radius 1 is 1.21 bits per heavy atom. The van der Waals surface area contributed by atoms with E-state index in [4.69, 9.17) is 0 Å². The largest absolute Gasteiger partial charge is 0.481 e. The minimum Gasteiger partial charge on any atom is -0.481 e. The molecule has 0 radical (unpaired) electrons. The van der Waals surface area contributed by atoms with Crippen LogP contribution in [-0.2, 0) is 27.4 Å². The van der Waals surface area contributed by atoms with Gasteiger partial charge in [-0.1, -0.05) is 22.0 Å². The molecule has 0 aromatic heterocycles. The molecular formula is C18H15BrF3NO4S. The van der Waals surface area contributed by atoms with E-state index in [-0.39, 0.29) is 12.1 Å². The van der Waals surface area contributed by atoms with Gasteiger partial charge < -0.3 is 5.11 Å². The Bertz CT molecular complexity index is 1040. The number of alkyl halides is 3. The van der Waals surface area contributed by atoms with Crippen LogP contribution in [0.15, 0.2) is 51.8 Å². The van der Waals surface area contributed by atoms with Crippen molar-refractivity contribution in [2.45, 2.75) is 30.5 Å². The van der Waals surface area contributed by atoms with Crippen LogP contribution >= 0.6 is 15.9 Å². The summed E-state index contributed by atoms with van der Waals surface area (Å²) in [5.41, 5.74) is -0.356. The highest BCUT2D eigenvalue weighted by atomic mass is 79.9. The smallest absolute Gasteiger partial charge is 0.416 e. The fourth-order valence-corrected chi connectivity index (χ4v) is 5.50. The average Bonchev–Trinajstić information content (AvgIpc) is 2.60. The first-order valence-electron chi connectivity index (χ1n) is 8.16. The molecule has 1 N–H and O–H groups in total. The fraction of sp³-hybridized carbons (Fsp3) is 0.278. The SMILES string of the molecule is C[C@@H]1[C@H](C(=O)O)Cc2cc(Br)ccc2N1S(=O)(=O)c1cccc(C(F)(F)F)c1. The van der Waals surface area contributed by atoms with Crippen molar-refractivity contribution in [1.82, 2.24) is 0 Å². The zero-order chi connectivity index (χ0) is 20.9. The topological polar surface area (TPSA) is 74.7 Å². The lowest BCUT2D eigenvalue weighted by atomic mass is 9.88. The molecule has 28 heavy (non-hydrogen) atoms. The summed E-state index contributed by atoms with van der Waals surface area (Å²) in [7, 11) is -4.43. The van der Waals surface area contributed by atoms with Crippen LogP contribution in [0, 0.1) is 5.92 Å². The first-order chi connectivity index (χ1) is 12.9. The van der Waals surface area contributed by atoms with Gasteiger partial charge in [0.1, 0.15) is 0 Å². The molecule has 0 aliphatic carbocycles. The van der Waals surface area contributed by atoms with Gasteiger partial charge in [-0.15, -0.1) is 0 Å². The van der Waals surface area contributed by atoms with Crippen LogP contribution in [0.1, 0.15) is 18.1 Å². The third kappa shape index (κ3) is 3.62. The summed E-state index contributed by atoms with van der Waals surface area (Å²) < 4.78 is 67.1. The molecule has 0 saturated carbocycles. The second kappa shape index (κ2) is 7.07. The highest BCUT2D eigenvalue weighted by Gasteiger charge is 2.42. The van der Waals surface area contributed by atoms with E-state index in [1.807, 2.05) is 0 Å². The number of aliphatic carboxylic acids is 1. The Morgan fingerprint density at radius 2 is 1.89 bits per heavy atom. The van der Waals surface area contributed by atoms with Gasteiger partial charge in [-0.3, -0.25) is 9.10 Å². The average molecular weight is 478 g/mol. The maximum atomic E-state index is 13.2. The van der Waals surface area contributed by atoms with Gasteiger partial charge in [0.25, 0.3) is 10.0 Å². The molecule has 1 aliphatic rings. The number of benzene rings is 2. The Morgan fingerprint density at radius 3 is 2.50 bits per heavy atom. The first-order valence-corrected chi connectivity index (χ1v) is 10.4. The number of hydrogen-bond donors (Lipinski definition) is 1. The summed E-state index contributed by atoms with van der Waals surface area (Å²) in [4.78, 5) is 11.1. The molecule has 0 spiro atoms. The predicted molar refractivity (Wildman–Crippen MR) is 99.5 cm³/mol. The molecule has 5 nitrogen and oxygen atoms in total. The van der Waals surface area contributed by atoms with Crippen LogP contribution < -0.4 is 4.31 Å². The van der Waals surface area contributed by atoms with Crippen molar-refractivity contribution < 1.29 is 31.5 Å². The highest BCUT2D eigenvalue weighted by Crippen LogP contribution is 2.40. The third-order valence-corrected chi connectivity index (χ3v) is 7.10. The van der Waals surface area contributed by atoms with Crippen molar-refractivity contribution in [3.8, 4) is 0 Å². The van der Waals surface area contributed by atoms with E-state index < -0.39 is 44.6 Å². The number of fused-ring (bicyclic) bond motifs is 1. The molecule has 2 atom stereocenters. The number of anilines is 1. The summed E-state index contributed by atoms with van der Waals surface area (Å²) in [6, 6.07) is 7.17. The number of sulfonamides is 1. The Hall–Kier alpha value is -2.07. The van der Waals surface area contributed by atoms with E-state index in [1.54, 1.807) is 12.1 Å². The molecule has 2 aromatic carbocycles. The Balaban J connectivity index is 2.19. The number of carbonyl (C=O) groups is 1. The number of halogens is 4. The van der Waals surface area contributed by atoms with Gasteiger partial charge in [0.05, 0.1) is 28.1 Å². The molecule has 150 valence electrons. The summed E-state index contributed by atoms with van der Waals surface area (Å²) in [5, 5.41) is 9.53. The summed E-state index contributed by atoms with van der Waals surface area (Å²) in [6.07, 6.45) is -4.59. The lowest BCUT2D eigenvalue weighted by molar-refractivity contribution is -0.142. The van der Waals surface area contributed by atoms with Gasteiger partial charge in [0.15, 0.2) is 0 Å². The van der Waals surface area contributed by atoms with Gasteiger partial charge in [0.2, 0.25) is 0 Å². The summed E-state index contributed by atoms with van der Waals surface area (Å²) >= 11 is 3.27. The molecule has 0 fully saturated rings. The number of carboxylic acid groups (broad SMARTS) is 1. The van der Waals surface area contributed by atoms with Crippen LogP contribution in [0.3, 0.4) is 0 Å². The van der Waals surface area contributed by atoms with Crippen molar-refractivity contribution in [2.24, 2.45) is 5.92 Å². The number of nitrogens with zero attached hydrogens (tertiary/aromatic N) is 1. The quantitative estimate of drug-likeness (QED) is 0.714. The highest BCUT2D eigenvalue weighted by molar-refractivity contribution is 9.10. The molecule has 1 heterocycles. The number of rotatable bonds is 3. The van der Waals surface area contributed by atoms with Crippen LogP contribution in [-0.4, -0.2) is 25.5 Å². The van der Waals surface area contributed by atoms with E-state index in [0.29, 0.717) is 16.1 Å². The molecule has 2 aromatic rings. The van der Waals surface area contributed by atoms with E-state index >= 15 is 0 Å². The number of carboxylic acids is 1. The van der Waals surface area contributed by atoms with Crippen molar-refractivity contribution in [3.05, 3.63) is 58.1 Å². The molecule has 10 heteroatoms. The fourth-order valence-electron chi connectivity index (χ4n) is 3.31. The van der Waals surface area contributed by atoms with Gasteiger partial charge in [-0.25, -0.2) is 8.42 Å². The van der Waals surface area contributed by atoms with Crippen molar-refractivity contribution >= 4 is 37.6 Å². The van der Waals surface area contributed by atoms with Gasteiger partial charge in [0, 0.05) is 4.47 Å². The molecular weight excluding hydrogens is 463 g/mol. The monoisotopic (exact) mass is 477 g/mol. The molecule has 1 aliphatic heterocycles. The van der Waals surface area contributed by atoms with Crippen molar-refractivity contribution in [3.63, 3.8) is 0 Å². The second-order valence-electron chi connectivity index (χ2n) is 6.49. The molecule has 0 saturated heterocycles. The molecule has 0 unspecified atom stereocenters. The lowest BCUT2D eigenvalue weighted by Gasteiger charge is -2.39. The minimum atomic E-state index is -4.70. The predicted octanol–water partition coefficient (Wildman–Crippen LogP) is 4.31. The van der Waals surface area contributed by atoms with Crippen LogP contribution in [0.4, 0.5) is 18.9 Å². The maximum absolute atomic E-state index is 13.2. The summed E-state index contributed by atoms with van der Waals surface area (Å²) in [5.74, 6) is -2.22. The van der Waals surface area contributed by atoms with Crippen molar-refractivity contribution in [2.75, 3.05) is 4.31 Å². The molecule has 0 amide bonds. The molecule has 0 bridgehead atoms. The van der Waals surface area contributed by atoms with Gasteiger partial charge in [-0.2, -0.15) is 13.2 Å². The van der Waals surface area contributed by atoms with E-state index in [1.165, 1.54) is 13.0 Å². The van der Waals surface area contributed by atoms with Crippen LogP contribution in [0.5, 0.6) is 0 Å². The molecule has 3 rings (SSSR count). The summed E-state index contributed by atoms with van der Waals surface area (Å²) in [6.45, 7) is 1.44. The standard InChI is InChI=1S/C18H15BrF3NO4S/c1-10-15(17(24)25)8-11-7-13(19)5-6-16(11)23(10)28(26,27)14-4-2-3-12(9-14)18(20,21)22/h2-7,9-10,15H,8H2,1H3,(H,24,25)/t10-,15-/m1/s1. The maximum Gasteiger partial charge on any atom is 0.416 e. The minimum absolute atomic E-state index is 0.111. The van der Waals surface area contributed by atoms with Gasteiger partial charge in [-0.05, 0) is 55.3 Å². The zero-order valence-electron chi connectivity index (χ0n) is 14.4. The van der Waals surface area contributed by atoms with E-state index in [0.717, 1.165) is 22.5 Å². The first kappa shape index (κ1) is 20.7. The lowest BCUT2D eigenvalue weighted by Crippen LogP contribution is -2.49. The Labute approximate surface area is 168 Å². The number of hydrogen-bond acceptors (Lipinski definition) is 3. The normalized spacial score (nSPS) is 20.0. The van der Waals surface area contributed by atoms with Crippen molar-refractivity contribution in [1.29, 1.82) is 0 Å². The second-order valence-corrected chi connectivity index (χ2v) is 9.22. The van der Waals surface area contributed by atoms with E-state index in [2.05, 4.69) is 15.9 Å². The third-order valence-electron chi connectivity index (χ3n) is 4.71. The van der Waals surface area contributed by atoms with Crippen LogP contribution in [0.25, 0.3) is 0 Å². The zero-order valence-corrected chi connectivity index (χ0v) is 16.8. The van der Waals surface area contributed by atoms with Gasteiger partial charge >= 0.3 is 12.1 Å². The van der Waals surface area contributed by atoms with Crippen LogP contribution in [0.2, 0.25) is 0 Å². The Kier molecular flexibility index (Phi) is 5.22. The van der Waals surface area contributed by atoms with E-state index in [9.17, 15) is 31.5 Å².